The highest BCUT2D eigenvalue weighted by Gasteiger charge is 2.20. The number of aromatic nitrogens is 1. The average Bonchev–Trinajstić information content (AvgIpc) is 3.29. The minimum Gasteiger partial charge on any atom is -0.385 e. The van der Waals surface area contributed by atoms with Crippen molar-refractivity contribution in [1.82, 2.24) is 10.3 Å². The van der Waals surface area contributed by atoms with Gasteiger partial charge in [-0.25, -0.2) is 4.98 Å². The first-order valence-electron chi connectivity index (χ1n) is 8.04. The summed E-state index contributed by atoms with van der Waals surface area (Å²) < 4.78 is 5.13. The van der Waals surface area contributed by atoms with Crippen LogP contribution >= 0.6 is 0 Å². The molecule has 118 valence electrons. The lowest BCUT2D eigenvalue weighted by molar-refractivity contribution is 0.196. The molecule has 4 nitrogen and oxygen atoms in total. The van der Waals surface area contributed by atoms with Gasteiger partial charge in [-0.05, 0) is 42.9 Å². The molecule has 0 bridgehead atoms. The number of methoxy groups -OCH3 is 1. The third-order valence-electron chi connectivity index (χ3n) is 3.89. The molecule has 1 saturated carbocycles. The minimum atomic E-state index is 0.456. The molecule has 1 N–H and O–H groups in total. The summed E-state index contributed by atoms with van der Waals surface area (Å²) in [6, 6.07) is 5.20. The Morgan fingerprint density at radius 2 is 2.14 bits per heavy atom. The maximum absolute atomic E-state index is 5.13. The normalized spacial score (nSPS) is 14.7. The van der Waals surface area contributed by atoms with Crippen LogP contribution in [0.4, 0.5) is 5.82 Å². The molecule has 1 aromatic rings. The van der Waals surface area contributed by atoms with E-state index in [1.54, 1.807) is 7.11 Å². The van der Waals surface area contributed by atoms with Crippen molar-refractivity contribution in [3.05, 3.63) is 23.4 Å². The van der Waals surface area contributed by atoms with Gasteiger partial charge in [-0.15, -0.1) is 0 Å². The van der Waals surface area contributed by atoms with Crippen molar-refractivity contribution in [3.63, 3.8) is 0 Å². The van der Waals surface area contributed by atoms with Gasteiger partial charge in [0, 0.05) is 45.6 Å². The summed E-state index contributed by atoms with van der Waals surface area (Å²) in [5, 5.41) is 3.59. The Hall–Kier alpha value is -1.13. The molecule has 0 spiro atoms. The van der Waals surface area contributed by atoms with Gasteiger partial charge < -0.3 is 15.0 Å². The second kappa shape index (κ2) is 7.76. The van der Waals surface area contributed by atoms with Gasteiger partial charge in [0.05, 0.1) is 0 Å². The van der Waals surface area contributed by atoms with Crippen molar-refractivity contribution in [2.45, 2.75) is 51.6 Å². The third-order valence-corrected chi connectivity index (χ3v) is 3.89. The van der Waals surface area contributed by atoms with E-state index in [0.717, 1.165) is 38.0 Å². The largest absolute Gasteiger partial charge is 0.385 e. The van der Waals surface area contributed by atoms with E-state index in [9.17, 15) is 0 Å². The van der Waals surface area contributed by atoms with Crippen LogP contribution in [0.15, 0.2) is 12.1 Å². The summed E-state index contributed by atoms with van der Waals surface area (Å²) in [6.07, 6.45) is 3.67. The standard InChI is InChI=1S/C17H29N3O/c1-13(2)16-10-14(12-18-15-6-7-15)11-17(19-16)20(3)8-5-9-21-4/h10-11,13,15,18H,5-9,12H2,1-4H3. The summed E-state index contributed by atoms with van der Waals surface area (Å²) in [5.74, 6) is 1.53. The molecule has 21 heavy (non-hydrogen) atoms. The van der Waals surface area contributed by atoms with Crippen molar-refractivity contribution in [2.75, 3.05) is 32.2 Å². The highest BCUT2D eigenvalue weighted by atomic mass is 16.5. The van der Waals surface area contributed by atoms with E-state index in [-0.39, 0.29) is 0 Å². The molecule has 1 fully saturated rings. The average molecular weight is 291 g/mol. The van der Waals surface area contributed by atoms with E-state index in [4.69, 9.17) is 9.72 Å². The first-order valence-corrected chi connectivity index (χ1v) is 8.04. The summed E-state index contributed by atoms with van der Waals surface area (Å²) in [5.41, 5.74) is 2.52. The van der Waals surface area contributed by atoms with Crippen molar-refractivity contribution in [1.29, 1.82) is 0 Å². The number of hydrogen-bond acceptors (Lipinski definition) is 4. The van der Waals surface area contributed by atoms with Crippen molar-refractivity contribution in [3.8, 4) is 0 Å². The molecule has 1 heterocycles. The number of anilines is 1. The Bertz CT molecular complexity index is 444. The molecule has 0 aliphatic heterocycles. The zero-order valence-corrected chi connectivity index (χ0v) is 13.9. The van der Waals surface area contributed by atoms with E-state index >= 15 is 0 Å². The number of nitrogens with zero attached hydrogens (tertiary/aromatic N) is 2. The van der Waals surface area contributed by atoms with Gasteiger partial charge in [-0.3, -0.25) is 0 Å². The highest BCUT2D eigenvalue weighted by Crippen LogP contribution is 2.22. The van der Waals surface area contributed by atoms with Crippen LogP contribution in [-0.4, -0.2) is 38.3 Å². The fourth-order valence-corrected chi connectivity index (χ4v) is 2.30. The molecule has 2 rings (SSSR count). The van der Waals surface area contributed by atoms with Gasteiger partial charge in [0.2, 0.25) is 0 Å². The van der Waals surface area contributed by atoms with Crippen LogP contribution in [0.5, 0.6) is 0 Å². The second-order valence-electron chi connectivity index (χ2n) is 6.34. The lowest BCUT2D eigenvalue weighted by atomic mass is 10.1. The van der Waals surface area contributed by atoms with Gasteiger partial charge in [-0.1, -0.05) is 13.8 Å². The Labute approximate surface area is 128 Å². The summed E-state index contributed by atoms with van der Waals surface area (Å²) in [6.45, 7) is 7.12. The van der Waals surface area contributed by atoms with E-state index in [1.807, 2.05) is 0 Å². The van der Waals surface area contributed by atoms with Gasteiger partial charge >= 0.3 is 0 Å². The first kappa shape index (κ1) is 16.2. The van der Waals surface area contributed by atoms with Gasteiger partial charge in [0.1, 0.15) is 5.82 Å². The molecule has 0 saturated heterocycles. The van der Waals surface area contributed by atoms with Crippen LogP contribution in [0.25, 0.3) is 0 Å². The van der Waals surface area contributed by atoms with Crippen LogP contribution < -0.4 is 10.2 Å². The number of nitrogens with one attached hydrogen (secondary N) is 1. The van der Waals surface area contributed by atoms with Crippen LogP contribution in [-0.2, 0) is 11.3 Å². The number of rotatable bonds is 9. The highest BCUT2D eigenvalue weighted by molar-refractivity contribution is 5.42. The van der Waals surface area contributed by atoms with E-state index in [1.165, 1.54) is 24.1 Å². The van der Waals surface area contributed by atoms with Crippen molar-refractivity contribution < 1.29 is 4.74 Å². The van der Waals surface area contributed by atoms with Gasteiger partial charge in [-0.2, -0.15) is 0 Å². The van der Waals surface area contributed by atoms with Gasteiger partial charge in [0.25, 0.3) is 0 Å². The molecule has 4 heteroatoms. The summed E-state index contributed by atoms with van der Waals surface area (Å²) in [7, 11) is 3.86. The second-order valence-corrected chi connectivity index (χ2v) is 6.34. The molecule has 1 aliphatic carbocycles. The quantitative estimate of drug-likeness (QED) is 0.710. The van der Waals surface area contributed by atoms with Crippen LogP contribution in [0.2, 0.25) is 0 Å². The first-order chi connectivity index (χ1) is 10.1. The summed E-state index contributed by atoms with van der Waals surface area (Å²) >= 11 is 0. The van der Waals surface area contributed by atoms with Crippen LogP contribution in [0.3, 0.4) is 0 Å². The third kappa shape index (κ3) is 5.29. The SMILES string of the molecule is COCCCN(C)c1cc(CNC2CC2)cc(C(C)C)n1. The smallest absolute Gasteiger partial charge is 0.128 e. The molecule has 0 radical (unpaired) electrons. The minimum absolute atomic E-state index is 0.456. The Morgan fingerprint density at radius 3 is 2.76 bits per heavy atom. The topological polar surface area (TPSA) is 37.4 Å². The zero-order chi connectivity index (χ0) is 15.2. The molecular formula is C17H29N3O. The van der Waals surface area contributed by atoms with Crippen LogP contribution in [0.1, 0.15) is 50.3 Å². The Kier molecular flexibility index (Phi) is 6.00. The molecule has 1 aliphatic rings. The number of hydrogen-bond donors (Lipinski definition) is 1. The lowest BCUT2D eigenvalue weighted by Gasteiger charge is -2.21. The van der Waals surface area contributed by atoms with Gasteiger partial charge in [0.15, 0.2) is 0 Å². The molecule has 0 aromatic carbocycles. The zero-order valence-electron chi connectivity index (χ0n) is 13.9. The lowest BCUT2D eigenvalue weighted by Crippen LogP contribution is -2.22. The van der Waals surface area contributed by atoms with E-state index < -0.39 is 0 Å². The molecule has 1 aromatic heterocycles. The van der Waals surface area contributed by atoms with Crippen molar-refractivity contribution in [2.24, 2.45) is 0 Å². The predicted octanol–water partition coefficient (Wildman–Crippen LogP) is 2.93. The monoisotopic (exact) mass is 291 g/mol. The Balaban J connectivity index is 2.05. The maximum atomic E-state index is 5.13. The molecule has 0 amide bonds. The fourth-order valence-electron chi connectivity index (χ4n) is 2.30. The van der Waals surface area contributed by atoms with E-state index in [2.05, 4.69) is 43.2 Å². The predicted molar refractivity (Wildman–Crippen MR) is 88.0 cm³/mol. The number of pyridine rings is 1. The fraction of sp³-hybridized carbons (Fsp3) is 0.706. The number of ether oxygens (including phenoxy) is 1. The van der Waals surface area contributed by atoms with Crippen LogP contribution in [0, 0.1) is 0 Å². The van der Waals surface area contributed by atoms with E-state index in [0.29, 0.717) is 5.92 Å². The molecular weight excluding hydrogens is 262 g/mol. The van der Waals surface area contributed by atoms with Crippen molar-refractivity contribution >= 4 is 5.82 Å². The Morgan fingerprint density at radius 1 is 1.38 bits per heavy atom. The molecule has 0 unspecified atom stereocenters. The summed E-state index contributed by atoms with van der Waals surface area (Å²) in [4.78, 5) is 7.04. The maximum Gasteiger partial charge on any atom is 0.128 e. The molecule has 0 atom stereocenters.